The van der Waals surface area contributed by atoms with Crippen LogP contribution in [0, 0.1) is 11.8 Å². The maximum absolute atomic E-state index is 11.4. The second kappa shape index (κ2) is 8.41. The van der Waals surface area contributed by atoms with Crippen LogP contribution in [0.5, 0.6) is 0 Å². The van der Waals surface area contributed by atoms with Crippen LogP contribution in [0.2, 0.25) is 5.02 Å². The Kier molecular flexibility index (Phi) is 5.56. The molecule has 5 N–H and O–H groups in total. The minimum absolute atomic E-state index is 0.129. The summed E-state index contributed by atoms with van der Waals surface area (Å²) in [5, 5.41) is 10.6. The van der Waals surface area contributed by atoms with Gasteiger partial charge in [0, 0.05) is 29.8 Å². The van der Waals surface area contributed by atoms with E-state index in [1.165, 1.54) is 5.56 Å². The fraction of sp³-hybridized carbons (Fsp3) is 0.458. The lowest BCUT2D eigenvalue weighted by Gasteiger charge is -2.28. The first kappa shape index (κ1) is 21.8. The second-order valence-corrected chi connectivity index (χ2v) is 10.1. The molecule has 8 nitrogen and oxygen atoms in total. The topological polar surface area (TPSA) is 114 Å². The van der Waals surface area contributed by atoms with Crippen LogP contribution < -0.4 is 21.7 Å². The highest BCUT2D eigenvalue weighted by atomic mass is 35.5. The van der Waals surface area contributed by atoms with Crippen molar-refractivity contribution >= 4 is 40.8 Å². The van der Waals surface area contributed by atoms with Gasteiger partial charge in [-0.15, -0.1) is 0 Å². The first-order valence-electron chi connectivity index (χ1n) is 11.4. The molecule has 9 heteroatoms. The summed E-state index contributed by atoms with van der Waals surface area (Å²) >= 11 is 6.40. The first-order valence-corrected chi connectivity index (χ1v) is 11.8. The van der Waals surface area contributed by atoms with Crippen LogP contribution in [0.4, 0.5) is 27.9 Å². The van der Waals surface area contributed by atoms with Crippen molar-refractivity contribution in [2.24, 2.45) is 17.6 Å². The number of nitrogens with one attached hydrogen (secondary N) is 3. The number of anilines is 4. The summed E-state index contributed by atoms with van der Waals surface area (Å²) in [4.78, 5) is 20.4. The summed E-state index contributed by atoms with van der Waals surface area (Å²) in [6, 6.07) is 6.17. The van der Waals surface area contributed by atoms with Crippen molar-refractivity contribution in [3.05, 3.63) is 47.1 Å². The molecular weight excluding hydrogens is 440 g/mol. The highest BCUT2D eigenvalue weighted by molar-refractivity contribution is 6.32. The van der Waals surface area contributed by atoms with E-state index >= 15 is 0 Å². The Balaban J connectivity index is 1.36. The van der Waals surface area contributed by atoms with E-state index in [-0.39, 0.29) is 29.4 Å². The number of amides is 1. The number of nitrogens with zero attached hydrogens (tertiary/aromatic N) is 2. The molecule has 2 heterocycles. The highest BCUT2D eigenvalue weighted by Gasteiger charge is 2.47. The van der Waals surface area contributed by atoms with Gasteiger partial charge in [-0.2, -0.15) is 4.98 Å². The number of ether oxygens (including phenoxy) is 1. The van der Waals surface area contributed by atoms with Gasteiger partial charge in [0.25, 0.3) is 0 Å². The van der Waals surface area contributed by atoms with E-state index in [4.69, 9.17) is 22.1 Å². The number of hydrogen-bond acceptors (Lipinski definition) is 7. The number of aromatic nitrogens is 2. The maximum atomic E-state index is 11.4. The lowest BCUT2D eigenvalue weighted by molar-refractivity contribution is 0.0853. The van der Waals surface area contributed by atoms with Crippen molar-refractivity contribution in [3.8, 4) is 0 Å². The first-order chi connectivity index (χ1) is 15.8. The average molecular weight is 469 g/mol. The summed E-state index contributed by atoms with van der Waals surface area (Å²) in [6.07, 6.45) is 7.86. The average Bonchev–Trinajstić information content (AvgIpc) is 3.32. The summed E-state index contributed by atoms with van der Waals surface area (Å²) in [7, 11) is 0. The molecular formula is C24H29ClN6O2. The summed E-state index contributed by atoms with van der Waals surface area (Å²) in [6.45, 7) is 5.52. The van der Waals surface area contributed by atoms with Crippen LogP contribution in [0.1, 0.15) is 38.7 Å². The van der Waals surface area contributed by atoms with Crippen LogP contribution in [0.15, 0.2) is 36.5 Å². The summed E-state index contributed by atoms with van der Waals surface area (Å²) in [5.41, 5.74) is 8.77. The zero-order valence-electron chi connectivity index (χ0n) is 18.8. The largest absolute Gasteiger partial charge is 0.444 e. The fourth-order valence-corrected chi connectivity index (χ4v) is 5.47. The standard InChI is InChI=1S/C24H29ClN6O2/c1-24(2)8-3-9-27-18-11-15(6-7-16(18)24)29-23-28-12-17(25)21(31-23)30-19-13-4-5-14(10-13)20(19)33-22(26)32/h4-7,11-14,19-20,27H,3,8-10H2,1-2H3,(H2,26,32)(H2,28,29,30,31)/t13-,14+,19+,20-/m0/s1. The van der Waals surface area contributed by atoms with E-state index in [0.29, 0.717) is 16.8 Å². The fourth-order valence-electron chi connectivity index (χ4n) is 5.32. The van der Waals surface area contributed by atoms with Gasteiger partial charge in [-0.1, -0.05) is 43.7 Å². The van der Waals surface area contributed by atoms with Gasteiger partial charge in [0.2, 0.25) is 5.95 Å². The van der Waals surface area contributed by atoms with E-state index in [1.807, 2.05) is 0 Å². The van der Waals surface area contributed by atoms with E-state index in [1.54, 1.807) is 6.20 Å². The number of fused-ring (bicyclic) bond motifs is 3. The van der Waals surface area contributed by atoms with Gasteiger partial charge in [-0.3, -0.25) is 0 Å². The lowest BCUT2D eigenvalue weighted by atomic mass is 9.80. The van der Waals surface area contributed by atoms with Crippen molar-refractivity contribution in [3.63, 3.8) is 0 Å². The molecule has 5 rings (SSSR count). The Labute approximate surface area is 198 Å². The number of primary amides is 1. The molecule has 1 aromatic heterocycles. The smallest absolute Gasteiger partial charge is 0.404 e. The summed E-state index contributed by atoms with van der Waals surface area (Å²) in [5.74, 6) is 1.29. The molecule has 0 unspecified atom stereocenters. The SMILES string of the molecule is CC1(C)CCCNc2cc(Nc3ncc(Cl)c(N[C@H]4[C@@H](OC(N)=O)[C@@H]5C=C[C@H]4C5)n3)ccc21. The van der Waals surface area contributed by atoms with Gasteiger partial charge in [0.05, 0.1) is 12.2 Å². The second-order valence-electron chi connectivity index (χ2n) is 9.71. The molecule has 2 bridgehead atoms. The Bertz CT molecular complexity index is 1100. The van der Waals surface area contributed by atoms with Crippen molar-refractivity contribution in [1.29, 1.82) is 0 Å². The molecule has 0 spiro atoms. The van der Waals surface area contributed by atoms with Gasteiger partial charge >= 0.3 is 6.09 Å². The molecule has 3 aliphatic rings. The van der Waals surface area contributed by atoms with E-state index in [2.05, 4.69) is 70.1 Å². The van der Waals surface area contributed by atoms with Gasteiger partial charge in [-0.25, -0.2) is 9.78 Å². The van der Waals surface area contributed by atoms with Crippen molar-refractivity contribution in [1.82, 2.24) is 9.97 Å². The molecule has 0 saturated heterocycles. The molecule has 1 aromatic carbocycles. The Morgan fingerprint density at radius 1 is 1.30 bits per heavy atom. The molecule has 2 aliphatic carbocycles. The zero-order valence-corrected chi connectivity index (χ0v) is 19.5. The molecule has 2 aromatic rings. The van der Waals surface area contributed by atoms with Gasteiger partial charge in [0.15, 0.2) is 5.82 Å². The predicted octanol–water partition coefficient (Wildman–Crippen LogP) is 4.81. The Morgan fingerprint density at radius 3 is 2.94 bits per heavy atom. The van der Waals surface area contributed by atoms with Crippen LogP contribution in [-0.2, 0) is 10.2 Å². The molecule has 1 amide bonds. The van der Waals surface area contributed by atoms with Gasteiger partial charge in [-0.05, 0) is 42.4 Å². The van der Waals surface area contributed by atoms with E-state index in [9.17, 15) is 4.79 Å². The predicted molar refractivity (Wildman–Crippen MR) is 130 cm³/mol. The molecule has 4 atom stereocenters. The van der Waals surface area contributed by atoms with E-state index < -0.39 is 6.09 Å². The Hall–Kier alpha value is -3.00. The zero-order chi connectivity index (χ0) is 23.2. The third-order valence-electron chi connectivity index (χ3n) is 6.99. The molecule has 0 radical (unpaired) electrons. The number of benzene rings is 1. The molecule has 1 saturated carbocycles. The monoisotopic (exact) mass is 468 g/mol. The molecule has 33 heavy (non-hydrogen) atoms. The number of rotatable bonds is 5. The minimum atomic E-state index is -0.774. The Morgan fingerprint density at radius 2 is 2.12 bits per heavy atom. The number of halogens is 1. The quantitative estimate of drug-likeness (QED) is 0.465. The van der Waals surface area contributed by atoms with Crippen LogP contribution >= 0.6 is 11.6 Å². The van der Waals surface area contributed by atoms with Crippen molar-refractivity contribution in [2.75, 3.05) is 22.5 Å². The number of carbonyl (C=O) groups excluding carboxylic acids is 1. The van der Waals surface area contributed by atoms with Gasteiger partial charge < -0.3 is 26.4 Å². The van der Waals surface area contributed by atoms with Crippen molar-refractivity contribution in [2.45, 2.75) is 50.7 Å². The molecule has 1 aliphatic heterocycles. The third kappa shape index (κ3) is 4.31. The molecule has 174 valence electrons. The van der Waals surface area contributed by atoms with Gasteiger partial charge in [0.1, 0.15) is 11.1 Å². The number of carbonyl (C=O) groups is 1. The normalized spacial score (nSPS) is 26.8. The van der Waals surface area contributed by atoms with Crippen LogP contribution in [0.25, 0.3) is 0 Å². The third-order valence-corrected chi connectivity index (χ3v) is 7.26. The van der Waals surface area contributed by atoms with Crippen LogP contribution in [0.3, 0.4) is 0 Å². The molecule has 1 fully saturated rings. The maximum Gasteiger partial charge on any atom is 0.404 e. The number of hydrogen-bond donors (Lipinski definition) is 4. The minimum Gasteiger partial charge on any atom is -0.444 e. The van der Waals surface area contributed by atoms with E-state index in [0.717, 1.165) is 37.2 Å². The van der Waals surface area contributed by atoms with Crippen LogP contribution in [-0.4, -0.2) is 34.8 Å². The number of nitrogens with two attached hydrogens (primary N) is 1. The lowest BCUT2D eigenvalue weighted by Crippen LogP contribution is -2.41. The van der Waals surface area contributed by atoms with Crippen molar-refractivity contribution < 1.29 is 9.53 Å². The summed E-state index contributed by atoms with van der Waals surface area (Å²) < 4.78 is 5.39. The highest BCUT2D eigenvalue weighted by Crippen LogP contribution is 2.43.